The van der Waals surface area contributed by atoms with Gasteiger partial charge in [-0.25, -0.2) is 4.98 Å². The van der Waals surface area contributed by atoms with Crippen LogP contribution in [0.2, 0.25) is 10.0 Å². The second-order valence-electron chi connectivity index (χ2n) is 3.18. The van der Waals surface area contributed by atoms with E-state index in [0.29, 0.717) is 10.0 Å². The number of aromatic nitrogens is 1. The molecule has 0 spiro atoms. The van der Waals surface area contributed by atoms with Crippen LogP contribution in [0.4, 0.5) is 10.8 Å². The first-order chi connectivity index (χ1) is 7.56. The lowest BCUT2D eigenvalue weighted by Crippen LogP contribution is -1.91. The molecule has 0 aliphatic rings. The Labute approximate surface area is 116 Å². The van der Waals surface area contributed by atoms with E-state index in [2.05, 4.69) is 26.2 Å². The lowest BCUT2D eigenvalue weighted by atomic mass is 10.2. The zero-order valence-corrected chi connectivity index (χ0v) is 12.1. The van der Waals surface area contributed by atoms with Crippen molar-refractivity contribution < 1.29 is 0 Å². The van der Waals surface area contributed by atoms with E-state index < -0.39 is 0 Å². The van der Waals surface area contributed by atoms with Crippen molar-refractivity contribution in [3.8, 4) is 0 Å². The molecular weight excluding hydrogens is 331 g/mol. The quantitative estimate of drug-likeness (QED) is 0.808. The van der Waals surface area contributed by atoms with E-state index in [0.717, 1.165) is 21.0 Å². The molecule has 0 aliphatic heterocycles. The minimum absolute atomic E-state index is 0.633. The van der Waals surface area contributed by atoms with Crippen LogP contribution in [0.3, 0.4) is 0 Å². The van der Waals surface area contributed by atoms with Gasteiger partial charge in [0.15, 0.2) is 5.13 Å². The van der Waals surface area contributed by atoms with Crippen LogP contribution in [0, 0.1) is 6.92 Å². The highest BCUT2D eigenvalue weighted by Crippen LogP contribution is 2.32. The van der Waals surface area contributed by atoms with Gasteiger partial charge in [-0.3, -0.25) is 0 Å². The van der Waals surface area contributed by atoms with Crippen LogP contribution >= 0.6 is 50.5 Å². The number of nitrogens with zero attached hydrogens (tertiary/aromatic N) is 1. The van der Waals surface area contributed by atoms with Crippen LogP contribution in [0.25, 0.3) is 0 Å². The Morgan fingerprint density at radius 2 is 2.06 bits per heavy atom. The Balaban J connectivity index is 2.31. The van der Waals surface area contributed by atoms with E-state index in [1.165, 1.54) is 11.3 Å². The van der Waals surface area contributed by atoms with E-state index in [4.69, 9.17) is 23.2 Å². The summed E-state index contributed by atoms with van der Waals surface area (Å²) in [5.41, 5.74) is 1.72. The molecule has 2 rings (SSSR count). The molecule has 16 heavy (non-hydrogen) atoms. The molecule has 0 aliphatic carbocycles. The summed E-state index contributed by atoms with van der Waals surface area (Å²) in [4.78, 5) is 4.22. The molecule has 0 fully saturated rings. The standard InChI is InChI=1S/C10H7BrCl2N2S/c1-5-2-7(13)8(3-6(5)12)14-10-15-9(11)4-16-10/h2-4H,1H3,(H,14,15). The number of halogens is 3. The number of hydrogen-bond acceptors (Lipinski definition) is 3. The smallest absolute Gasteiger partial charge is 0.188 e. The fourth-order valence-electron chi connectivity index (χ4n) is 1.17. The zero-order valence-electron chi connectivity index (χ0n) is 8.22. The summed E-state index contributed by atoms with van der Waals surface area (Å²) in [5, 5.41) is 7.10. The number of aryl methyl sites for hydroxylation is 1. The fourth-order valence-corrected chi connectivity index (χ4v) is 2.75. The zero-order chi connectivity index (χ0) is 11.7. The van der Waals surface area contributed by atoms with Crippen LogP contribution in [-0.2, 0) is 0 Å². The summed E-state index contributed by atoms with van der Waals surface area (Å²) in [6.45, 7) is 1.91. The third kappa shape index (κ3) is 2.69. The molecule has 0 saturated carbocycles. The topological polar surface area (TPSA) is 24.9 Å². The van der Waals surface area contributed by atoms with E-state index in [9.17, 15) is 0 Å². The van der Waals surface area contributed by atoms with Gasteiger partial charge in [0.1, 0.15) is 4.60 Å². The summed E-state index contributed by atoms with van der Waals surface area (Å²) >= 11 is 16.9. The van der Waals surface area contributed by atoms with Crippen molar-refractivity contribution in [2.24, 2.45) is 0 Å². The lowest BCUT2D eigenvalue weighted by molar-refractivity contribution is 1.34. The number of nitrogens with one attached hydrogen (secondary N) is 1. The van der Waals surface area contributed by atoms with Gasteiger partial charge in [-0.05, 0) is 40.5 Å². The Hall–Kier alpha value is -0.290. The molecule has 0 bridgehead atoms. The Bertz CT molecular complexity index is 528. The maximum Gasteiger partial charge on any atom is 0.188 e. The molecule has 1 aromatic heterocycles. The van der Waals surface area contributed by atoms with Gasteiger partial charge < -0.3 is 5.32 Å². The predicted octanol–water partition coefficient (Wildman–Crippen LogP) is 5.26. The average molecular weight is 338 g/mol. The van der Waals surface area contributed by atoms with Crippen molar-refractivity contribution in [1.29, 1.82) is 0 Å². The van der Waals surface area contributed by atoms with Gasteiger partial charge in [0.05, 0.1) is 10.7 Å². The molecule has 6 heteroatoms. The highest BCUT2D eigenvalue weighted by molar-refractivity contribution is 9.10. The molecule has 0 unspecified atom stereocenters. The lowest BCUT2D eigenvalue weighted by Gasteiger charge is -2.07. The first-order valence-electron chi connectivity index (χ1n) is 4.40. The summed E-state index contributed by atoms with van der Waals surface area (Å²) in [6.07, 6.45) is 0. The molecular formula is C10H7BrCl2N2S. The molecule has 2 aromatic rings. The highest BCUT2D eigenvalue weighted by Gasteiger charge is 2.06. The van der Waals surface area contributed by atoms with E-state index in [1.54, 1.807) is 6.07 Å². The van der Waals surface area contributed by atoms with Crippen molar-refractivity contribution in [3.05, 3.63) is 37.7 Å². The molecule has 1 N–H and O–H groups in total. The van der Waals surface area contributed by atoms with Crippen molar-refractivity contribution in [2.45, 2.75) is 6.92 Å². The maximum atomic E-state index is 6.10. The minimum Gasteiger partial charge on any atom is -0.330 e. The first kappa shape index (κ1) is 12.2. The number of hydrogen-bond donors (Lipinski definition) is 1. The van der Waals surface area contributed by atoms with Crippen LogP contribution in [0.5, 0.6) is 0 Å². The fraction of sp³-hybridized carbons (Fsp3) is 0.100. The number of benzene rings is 1. The van der Waals surface area contributed by atoms with Crippen molar-refractivity contribution in [3.63, 3.8) is 0 Å². The number of rotatable bonds is 2. The van der Waals surface area contributed by atoms with E-state index >= 15 is 0 Å². The molecule has 0 atom stereocenters. The van der Waals surface area contributed by atoms with Gasteiger partial charge in [0.2, 0.25) is 0 Å². The summed E-state index contributed by atoms with van der Waals surface area (Å²) in [6, 6.07) is 3.63. The summed E-state index contributed by atoms with van der Waals surface area (Å²) in [7, 11) is 0. The second-order valence-corrected chi connectivity index (χ2v) is 5.67. The summed E-state index contributed by atoms with van der Waals surface area (Å²) in [5.74, 6) is 0. The molecule has 0 saturated heterocycles. The molecule has 1 heterocycles. The summed E-state index contributed by atoms with van der Waals surface area (Å²) < 4.78 is 0.800. The van der Waals surface area contributed by atoms with Crippen molar-refractivity contribution >= 4 is 61.3 Å². The van der Waals surface area contributed by atoms with Crippen molar-refractivity contribution in [1.82, 2.24) is 4.98 Å². The van der Waals surface area contributed by atoms with E-state index in [-0.39, 0.29) is 0 Å². The Morgan fingerprint density at radius 1 is 1.31 bits per heavy atom. The second kappa shape index (κ2) is 4.92. The van der Waals surface area contributed by atoms with Gasteiger partial charge in [-0.15, -0.1) is 11.3 Å². The predicted molar refractivity (Wildman–Crippen MR) is 74.3 cm³/mol. The SMILES string of the molecule is Cc1cc(Cl)c(Nc2nc(Br)cs2)cc1Cl. The molecule has 84 valence electrons. The first-order valence-corrected chi connectivity index (χ1v) is 6.83. The molecule has 2 nitrogen and oxygen atoms in total. The average Bonchev–Trinajstić information content (AvgIpc) is 2.60. The minimum atomic E-state index is 0.633. The van der Waals surface area contributed by atoms with Crippen LogP contribution < -0.4 is 5.32 Å². The number of thiazole rings is 1. The largest absolute Gasteiger partial charge is 0.330 e. The molecule has 0 radical (unpaired) electrons. The van der Waals surface area contributed by atoms with Gasteiger partial charge in [-0.1, -0.05) is 23.2 Å². The van der Waals surface area contributed by atoms with Crippen LogP contribution in [0.15, 0.2) is 22.1 Å². The normalized spacial score (nSPS) is 10.5. The van der Waals surface area contributed by atoms with Gasteiger partial charge >= 0.3 is 0 Å². The van der Waals surface area contributed by atoms with Crippen molar-refractivity contribution in [2.75, 3.05) is 5.32 Å². The maximum absolute atomic E-state index is 6.10. The van der Waals surface area contributed by atoms with Crippen LogP contribution in [-0.4, -0.2) is 4.98 Å². The van der Waals surface area contributed by atoms with Gasteiger partial charge in [0, 0.05) is 10.4 Å². The Morgan fingerprint density at radius 3 is 2.69 bits per heavy atom. The third-order valence-electron chi connectivity index (χ3n) is 1.97. The van der Waals surface area contributed by atoms with E-state index in [1.807, 2.05) is 18.4 Å². The Kier molecular flexibility index (Phi) is 3.74. The van der Waals surface area contributed by atoms with Gasteiger partial charge in [-0.2, -0.15) is 0 Å². The highest BCUT2D eigenvalue weighted by atomic mass is 79.9. The molecule has 0 amide bonds. The monoisotopic (exact) mass is 336 g/mol. The third-order valence-corrected chi connectivity index (χ3v) is 4.15. The van der Waals surface area contributed by atoms with Gasteiger partial charge in [0.25, 0.3) is 0 Å². The van der Waals surface area contributed by atoms with Crippen LogP contribution in [0.1, 0.15) is 5.56 Å². The number of anilines is 2. The molecule has 1 aromatic carbocycles.